The van der Waals surface area contributed by atoms with Crippen molar-refractivity contribution in [1.82, 2.24) is 20.4 Å². The van der Waals surface area contributed by atoms with Gasteiger partial charge in [0.05, 0.1) is 11.9 Å². The lowest BCUT2D eigenvalue weighted by atomic mass is 10.1. The molecule has 7 nitrogen and oxygen atoms in total. The molecule has 0 atom stereocenters. The topological polar surface area (TPSA) is 90.1 Å². The zero-order valence-corrected chi connectivity index (χ0v) is 14.5. The number of halogens is 3. The highest BCUT2D eigenvalue weighted by molar-refractivity contribution is 6.08. The molecule has 1 aliphatic heterocycles. The molecule has 2 aromatic rings. The van der Waals surface area contributed by atoms with Crippen molar-refractivity contribution in [2.75, 3.05) is 25.5 Å². The summed E-state index contributed by atoms with van der Waals surface area (Å²) in [4.78, 5) is 26.8. The number of hydrogen-bond acceptors (Lipinski definition) is 4. The van der Waals surface area contributed by atoms with Crippen LogP contribution in [-0.2, 0) is 0 Å². The molecule has 144 valence electrons. The number of likely N-dealkylation sites (tertiary alicyclic amines) is 1. The van der Waals surface area contributed by atoms with E-state index in [1.807, 2.05) is 7.05 Å². The lowest BCUT2D eigenvalue weighted by Crippen LogP contribution is -2.43. The largest absolute Gasteiger partial charge is 0.348 e. The SMILES string of the molecule is CN1CCC(NC(=O)c2[nH]ncc2NC(=O)c2c(F)cc(F)cc2F)CC1. The summed E-state index contributed by atoms with van der Waals surface area (Å²) in [5.41, 5.74) is -1.02. The van der Waals surface area contributed by atoms with Crippen molar-refractivity contribution < 1.29 is 22.8 Å². The van der Waals surface area contributed by atoms with Crippen LogP contribution in [0, 0.1) is 17.5 Å². The summed E-state index contributed by atoms with van der Waals surface area (Å²) in [5, 5.41) is 11.2. The van der Waals surface area contributed by atoms with Gasteiger partial charge in [0.15, 0.2) is 0 Å². The summed E-state index contributed by atoms with van der Waals surface area (Å²) >= 11 is 0. The van der Waals surface area contributed by atoms with Gasteiger partial charge >= 0.3 is 0 Å². The maximum atomic E-state index is 13.7. The maximum absolute atomic E-state index is 13.7. The molecule has 1 aromatic carbocycles. The smallest absolute Gasteiger partial charge is 0.271 e. The van der Waals surface area contributed by atoms with Gasteiger partial charge in [-0.2, -0.15) is 5.10 Å². The summed E-state index contributed by atoms with van der Waals surface area (Å²) in [6.07, 6.45) is 2.72. The van der Waals surface area contributed by atoms with E-state index in [1.54, 1.807) is 0 Å². The van der Waals surface area contributed by atoms with Crippen molar-refractivity contribution >= 4 is 17.5 Å². The van der Waals surface area contributed by atoms with E-state index in [0.717, 1.165) is 32.1 Å². The zero-order valence-electron chi connectivity index (χ0n) is 14.5. The third-order valence-electron chi connectivity index (χ3n) is 4.40. The number of H-pyrrole nitrogens is 1. The molecule has 3 rings (SSSR count). The number of benzene rings is 1. The number of carbonyl (C=O) groups is 2. The van der Waals surface area contributed by atoms with Crippen LogP contribution in [0.5, 0.6) is 0 Å². The van der Waals surface area contributed by atoms with E-state index in [9.17, 15) is 22.8 Å². The lowest BCUT2D eigenvalue weighted by molar-refractivity contribution is 0.0912. The van der Waals surface area contributed by atoms with E-state index in [4.69, 9.17) is 0 Å². The number of carbonyl (C=O) groups excluding carboxylic acids is 2. The molecule has 0 spiro atoms. The third kappa shape index (κ3) is 4.27. The average molecular weight is 381 g/mol. The number of aromatic amines is 1. The minimum absolute atomic E-state index is 0.0208. The Bertz CT molecular complexity index is 839. The van der Waals surface area contributed by atoms with Crippen molar-refractivity contribution in [3.8, 4) is 0 Å². The van der Waals surface area contributed by atoms with Crippen molar-refractivity contribution in [2.24, 2.45) is 0 Å². The van der Waals surface area contributed by atoms with E-state index in [-0.39, 0.29) is 17.4 Å². The predicted octanol–water partition coefficient (Wildman–Crippen LogP) is 1.90. The Labute approximate surface area is 152 Å². The van der Waals surface area contributed by atoms with Crippen molar-refractivity contribution in [2.45, 2.75) is 18.9 Å². The minimum atomic E-state index is -1.34. The maximum Gasteiger partial charge on any atom is 0.271 e. The highest BCUT2D eigenvalue weighted by atomic mass is 19.1. The van der Waals surface area contributed by atoms with Gasteiger partial charge in [-0.1, -0.05) is 0 Å². The van der Waals surface area contributed by atoms with Crippen molar-refractivity contribution in [1.29, 1.82) is 0 Å². The summed E-state index contributed by atoms with van der Waals surface area (Å²) in [6.45, 7) is 1.70. The summed E-state index contributed by atoms with van der Waals surface area (Å²) in [7, 11) is 1.99. The van der Waals surface area contributed by atoms with Crippen molar-refractivity contribution in [3.63, 3.8) is 0 Å². The molecule has 1 fully saturated rings. The second-order valence-electron chi connectivity index (χ2n) is 6.41. The highest BCUT2D eigenvalue weighted by Crippen LogP contribution is 2.19. The number of nitrogens with zero attached hydrogens (tertiary/aromatic N) is 2. The van der Waals surface area contributed by atoms with E-state index < -0.39 is 34.8 Å². The molecule has 2 heterocycles. The monoisotopic (exact) mass is 381 g/mol. The predicted molar refractivity (Wildman–Crippen MR) is 90.8 cm³/mol. The standard InChI is InChI=1S/C17H18F3N5O2/c1-25-4-2-10(3-5-25)22-17(27)15-13(8-21-24-15)23-16(26)14-11(19)6-9(18)7-12(14)20/h6-8,10H,2-5H2,1H3,(H,21,24)(H,22,27)(H,23,26). The molecule has 2 amide bonds. The molecule has 27 heavy (non-hydrogen) atoms. The Morgan fingerprint density at radius 1 is 1.15 bits per heavy atom. The van der Waals surface area contributed by atoms with E-state index in [0.29, 0.717) is 12.1 Å². The van der Waals surface area contributed by atoms with Gasteiger partial charge in [0, 0.05) is 18.2 Å². The number of anilines is 1. The van der Waals surface area contributed by atoms with Gasteiger partial charge in [-0.25, -0.2) is 13.2 Å². The summed E-state index contributed by atoms with van der Waals surface area (Å²) < 4.78 is 40.5. The Balaban J connectivity index is 1.72. The van der Waals surface area contributed by atoms with Crippen LogP contribution in [0.1, 0.15) is 33.7 Å². The van der Waals surface area contributed by atoms with Crippen LogP contribution < -0.4 is 10.6 Å². The van der Waals surface area contributed by atoms with Gasteiger partial charge < -0.3 is 15.5 Å². The van der Waals surface area contributed by atoms with E-state index >= 15 is 0 Å². The van der Waals surface area contributed by atoms with Gasteiger partial charge in [0.25, 0.3) is 11.8 Å². The molecular weight excluding hydrogens is 363 g/mol. The number of aromatic nitrogens is 2. The van der Waals surface area contributed by atoms with Crippen LogP contribution in [0.25, 0.3) is 0 Å². The number of amides is 2. The molecular formula is C17H18F3N5O2. The highest BCUT2D eigenvalue weighted by Gasteiger charge is 2.24. The number of nitrogens with one attached hydrogen (secondary N) is 3. The Morgan fingerprint density at radius 3 is 2.41 bits per heavy atom. The fourth-order valence-corrected chi connectivity index (χ4v) is 2.91. The molecule has 1 saturated heterocycles. The molecule has 3 N–H and O–H groups in total. The molecule has 0 radical (unpaired) electrons. The normalized spacial score (nSPS) is 15.6. The van der Waals surface area contributed by atoms with Crippen LogP contribution in [0.3, 0.4) is 0 Å². The first-order chi connectivity index (χ1) is 12.8. The van der Waals surface area contributed by atoms with Crippen LogP contribution in [0.4, 0.5) is 18.9 Å². The molecule has 0 unspecified atom stereocenters. The Morgan fingerprint density at radius 2 is 1.78 bits per heavy atom. The van der Waals surface area contributed by atoms with Crippen LogP contribution in [0.15, 0.2) is 18.3 Å². The van der Waals surface area contributed by atoms with Gasteiger partial charge in [0.1, 0.15) is 28.7 Å². The first-order valence-electron chi connectivity index (χ1n) is 8.34. The van der Waals surface area contributed by atoms with Gasteiger partial charge in [-0.15, -0.1) is 0 Å². The average Bonchev–Trinajstić information content (AvgIpc) is 3.04. The fourth-order valence-electron chi connectivity index (χ4n) is 2.91. The van der Waals surface area contributed by atoms with E-state index in [1.165, 1.54) is 0 Å². The molecule has 10 heteroatoms. The van der Waals surface area contributed by atoms with Crippen LogP contribution >= 0.6 is 0 Å². The summed E-state index contributed by atoms with van der Waals surface area (Å²) in [6, 6.07) is 0.787. The number of piperidine rings is 1. The van der Waals surface area contributed by atoms with Crippen LogP contribution in [-0.4, -0.2) is 53.1 Å². The quantitative estimate of drug-likeness (QED) is 0.755. The summed E-state index contributed by atoms with van der Waals surface area (Å²) in [5.74, 6) is -5.46. The molecule has 0 aliphatic carbocycles. The van der Waals surface area contributed by atoms with Gasteiger partial charge in [0.2, 0.25) is 0 Å². The number of rotatable bonds is 4. The second kappa shape index (κ2) is 7.78. The lowest BCUT2D eigenvalue weighted by Gasteiger charge is -2.29. The van der Waals surface area contributed by atoms with Gasteiger partial charge in [-0.05, 0) is 33.0 Å². The first kappa shape index (κ1) is 18.9. The van der Waals surface area contributed by atoms with Crippen LogP contribution in [0.2, 0.25) is 0 Å². The third-order valence-corrected chi connectivity index (χ3v) is 4.40. The molecule has 0 bridgehead atoms. The second-order valence-corrected chi connectivity index (χ2v) is 6.41. The Hall–Kier alpha value is -2.88. The van der Waals surface area contributed by atoms with E-state index in [2.05, 4.69) is 25.7 Å². The first-order valence-corrected chi connectivity index (χ1v) is 8.34. The number of hydrogen-bond donors (Lipinski definition) is 3. The minimum Gasteiger partial charge on any atom is -0.348 e. The fraction of sp³-hybridized carbons (Fsp3) is 0.353. The van der Waals surface area contributed by atoms with Gasteiger partial charge in [-0.3, -0.25) is 14.7 Å². The Kier molecular flexibility index (Phi) is 5.45. The molecule has 0 saturated carbocycles. The molecule has 1 aromatic heterocycles. The van der Waals surface area contributed by atoms with Crippen molar-refractivity contribution in [3.05, 3.63) is 47.0 Å². The zero-order chi connectivity index (χ0) is 19.6. The molecule has 1 aliphatic rings.